The molecule has 2 aliphatic heterocycles. The maximum Gasteiger partial charge on any atom is 0.130 e. The van der Waals surface area contributed by atoms with E-state index >= 15 is 0 Å². The zero-order chi connectivity index (χ0) is 12.5. The first-order chi connectivity index (χ1) is 8.70. The number of piperidine rings is 1. The zero-order valence-electron chi connectivity index (χ0n) is 11.3. The SMILES string of the molecule is Cc1cc(NC2CCN3CCCC3C2)nc(C)n1. The fourth-order valence-electron chi connectivity index (χ4n) is 3.36. The number of aromatic nitrogens is 2. The topological polar surface area (TPSA) is 41.0 Å². The minimum Gasteiger partial charge on any atom is -0.367 e. The Kier molecular flexibility index (Phi) is 3.20. The van der Waals surface area contributed by atoms with Gasteiger partial charge in [0.1, 0.15) is 11.6 Å². The first-order valence-electron chi connectivity index (χ1n) is 7.03. The first-order valence-corrected chi connectivity index (χ1v) is 7.03. The molecule has 2 aliphatic rings. The van der Waals surface area contributed by atoms with Crippen molar-refractivity contribution in [1.29, 1.82) is 0 Å². The molecule has 0 aromatic carbocycles. The Morgan fingerprint density at radius 2 is 2.11 bits per heavy atom. The van der Waals surface area contributed by atoms with Crippen molar-refractivity contribution in [3.63, 3.8) is 0 Å². The van der Waals surface area contributed by atoms with Crippen molar-refractivity contribution < 1.29 is 0 Å². The summed E-state index contributed by atoms with van der Waals surface area (Å²) in [5.41, 5.74) is 1.04. The number of hydrogen-bond donors (Lipinski definition) is 1. The summed E-state index contributed by atoms with van der Waals surface area (Å²) in [5, 5.41) is 3.60. The Bertz CT molecular complexity index is 412. The fourth-order valence-corrected chi connectivity index (χ4v) is 3.36. The molecule has 4 nitrogen and oxygen atoms in total. The molecule has 2 unspecified atom stereocenters. The summed E-state index contributed by atoms with van der Waals surface area (Å²) < 4.78 is 0. The van der Waals surface area contributed by atoms with Crippen LogP contribution in [0.25, 0.3) is 0 Å². The van der Waals surface area contributed by atoms with Gasteiger partial charge >= 0.3 is 0 Å². The van der Waals surface area contributed by atoms with Gasteiger partial charge in [-0.15, -0.1) is 0 Å². The van der Waals surface area contributed by atoms with Crippen molar-refractivity contribution in [1.82, 2.24) is 14.9 Å². The van der Waals surface area contributed by atoms with E-state index in [0.29, 0.717) is 6.04 Å². The molecule has 0 amide bonds. The number of rotatable bonds is 2. The highest BCUT2D eigenvalue weighted by Crippen LogP contribution is 2.28. The molecule has 3 rings (SSSR count). The quantitative estimate of drug-likeness (QED) is 0.868. The lowest BCUT2D eigenvalue weighted by molar-refractivity contribution is 0.188. The average molecular weight is 246 g/mol. The third-order valence-electron chi connectivity index (χ3n) is 4.14. The van der Waals surface area contributed by atoms with Crippen LogP contribution in [0.4, 0.5) is 5.82 Å². The highest BCUT2D eigenvalue weighted by molar-refractivity contribution is 5.37. The Balaban J connectivity index is 1.65. The lowest BCUT2D eigenvalue weighted by atomic mass is 9.97. The number of fused-ring (bicyclic) bond motifs is 1. The lowest BCUT2D eigenvalue weighted by Crippen LogP contribution is -2.42. The van der Waals surface area contributed by atoms with Gasteiger partial charge in [-0.2, -0.15) is 0 Å². The second kappa shape index (κ2) is 4.84. The van der Waals surface area contributed by atoms with Crippen molar-refractivity contribution in [2.75, 3.05) is 18.4 Å². The monoisotopic (exact) mass is 246 g/mol. The van der Waals surface area contributed by atoms with Crippen molar-refractivity contribution in [2.24, 2.45) is 0 Å². The van der Waals surface area contributed by atoms with Gasteiger partial charge in [0.15, 0.2) is 0 Å². The summed E-state index contributed by atoms with van der Waals surface area (Å²) in [6, 6.07) is 3.44. The van der Waals surface area contributed by atoms with E-state index in [1.54, 1.807) is 0 Å². The largest absolute Gasteiger partial charge is 0.367 e. The summed E-state index contributed by atoms with van der Waals surface area (Å²) in [7, 11) is 0. The van der Waals surface area contributed by atoms with Gasteiger partial charge in [-0.05, 0) is 46.1 Å². The van der Waals surface area contributed by atoms with Gasteiger partial charge in [-0.1, -0.05) is 0 Å². The van der Waals surface area contributed by atoms with E-state index in [-0.39, 0.29) is 0 Å². The minimum absolute atomic E-state index is 0.582. The van der Waals surface area contributed by atoms with E-state index in [4.69, 9.17) is 0 Å². The highest BCUT2D eigenvalue weighted by Gasteiger charge is 2.31. The standard InChI is InChI=1S/C14H22N4/c1-10-8-14(16-11(2)15-10)17-12-5-7-18-6-3-4-13(18)9-12/h8,12-13H,3-7,9H2,1-2H3,(H,15,16,17). The van der Waals surface area contributed by atoms with E-state index < -0.39 is 0 Å². The molecular weight excluding hydrogens is 224 g/mol. The van der Waals surface area contributed by atoms with Crippen LogP contribution in [0, 0.1) is 13.8 Å². The molecule has 0 aliphatic carbocycles. The van der Waals surface area contributed by atoms with Crippen molar-refractivity contribution in [2.45, 2.75) is 51.6 Å². The van der Waals surface area contributed by atoms with Crippen molar-refractivity contribution in [3.8, 4) is 0 Å². The summed E-state index contributed by atoms with van der Waals surface area (Å²) in [6.45, 7) is 6.53. The van der Waals surface area contributed by atoms with Crippen LogP contribution in [-0.2, 0) is 0 Å². The van der Waals surface area contributed by atoms with E-state index in [9.17, 15) is 0 Å². The van der Waals surface area contributed by atoms with Crippen LogP contribution in [0.5, 0.6) is 0 Å². The molecule has 18 heavy (non-hydrogen) atoms. The molecule has 0 saturated carbocycles. The van der Waals surface area contributed by atoms with Crippen LogP contribution in [0.1, 0.15) is 37.2 Å². The van der Waals surface area contributed by atoms with E-state index in [2.05, 4.69) is 20.2 Å². The van der Waals surface area contributed by atoms with Crippen LogP contribution in [0.3, 0.4) is 0 Å². The van der Waals surface area contributed by atoms with E-state index in [1.165, 1.54) is 38.8 Å². The zero-order valence-corrected chi connectivity index (χ0v) is 11.3. The molecule has 1 aromatic heterocycles. The van der Waals surface area contributed by atoms with Gasteiger partial charge < -0.3 is 10.2 Å². The Hall–Kier alpha value is -1.16. The molecule has 1 N–H and O–H groups in total. The Morgan fingerprint density at radius 3 is 2.94 bits per heavy atom. The van der Waals surface area contributed by atoms with E-state index in [1.807, 2.05) is 19.9 Å². The van der Waals surface area contributed by atoms with Crippen LogP contribution in [-0.4, -0.2) is 40.0 Å². The molecule has 2 saturated heterocycles. The third-order valence-corrected chi connectivity index (χ3v) is 4.14. The first kappa shape index (κ1) is 11.9. The molecule has 3 heterocycles. The molecule has 2 atom stereocenters. The molecule has 4 heteroatoms. The van der Waals surface area contributed by atoms with Gasteiger partial charge in [0.05, 0.1) is 0 Å². The second-order valence-corrected chi connectivity index (χ2v) is 5.64. The average Bonchev–Trinajstić information content (AvgIpc) is 2.74. The predicted molar refractivity (Wildman–Crippen MR) is 72.7 cm³/mol. The normalized spacial score (nSPS) is 28.1. The van der Waals surface area contributed by atoms with Gasteiger partial charge in [-0.3, -0.25) is 0 Å². The van der Waals surface area contributed by atoms with Crippen LogP contribution >= 0.6 is 0 Å². The van der Waals surface area contributed by atoms with Crippen molar-refractivity contribution in [3.05, 3.63) is 17.6 Å². The lowest BCUT2D eigenvalue weighted by Gasteiger charge is -2.35. The van der Waals surface area contributed by atoms with Crippen LogP contribution in [0.15, 0.2) is 6.07 Å². The molecule has 0 radical (unpaired) electrons. The number of hydrogen-bond acceptors (Lipinski definition) is 4. The highest BCUT2D eigenvalue weighted by atomic mass is 15.2. The Labute approximate surface area is 109 Å². The number of nitrogens with zero attached hydrogens (tertiary/aromatic N) is 3. The van der Waals surface area contributed by atoms with Crippen LogP contribution in [0.2, 0.25) is 0 Å². The third kappa shape index (κ3) is 2.48. The summed E-state index contributed by atoms with van der Waals surface area (Å²) in [6.07, 6.45) is 5.25. The van der Waals surface area contributed by atoms with E-state index in [0.717, 1.165) is 23.4 Å². The molecular formula is C14H22N4. The molecule has 98 valence electrons. The minimum atomic E-state index is 0.582. The smallest absolute Gasteiger partial charge is 0.130 e. The number of nitrogens with one attached hydrogen (secondary N) is 1. The molecule has 0 spiro atoms. The number of anilines is 1. The maximum atomic E-state index is 4.48. The predicted octanol–water partition coefficient (Wildman–Crippen LogP) is 2.13. The second-order valence-electron chi connectivity index (χ2n) is 5.64. The van der Waals surface area contributed by atoms with Gasteiger partial charge in [0.25, 0.3) is 0 Å². The van der Waals surface area contributed by atoms with Gasteiger partial charge in [0, 0.05) is 30.4 Å². The fraction of sp³-hybridized carbons (Fsp3) is 0.714. The molecule has 0 bridgehead atoms. The summed E-state index contributed by atoms with van der Waals surface area (Å²) >= 11 is 0. The maximum absolute atomic E-state index is 4.48. The summed E-state index contributed by atoms with van der Waals surface area (Å²) in [5.74, 6) is 1.85. The number of aryl methyl sites for hydroxylation is 2. The summed E-state index contributed by atoms with van der Waals surface area (Å²) in [4.78, 5) is 11.4. The van der Waals surface area contributed by atoms with Gasteiger partial charge in [-0.25, -0.2) is 9.97 Å². The van der Waals surface area contributed by atoms with Gasteiger partial charge in [0.2, 0.25) is 0 Å². The molecule has 2 fully saturated rings. The molecule has 1 aromatic rings. The Morgan fingerprint density at radius 1 is 1.22 bits per heavy atom. The van der Waals surface area contributed by atoms with Crippen LogP contribution < -0.4 is 5.32 Å². The van der Waals surface area contributed by atoms with Crippen molar-refractivity contribution >= 4 is 5.82 Å².